The molecule has 1 aliphatic rings. The van der Waals surface area contributed by atoms with Crippen LogP contribution in [-0.2, 0) is 0 Å². The molecule has 1 heterocycles. The highest BCUT2D eigenvalue weighted by molar-refractivity contribution is 4.84. The molecule has 0 amide bonds. The van der Waals surface area contributed by atoms with Gasteiger partial charge in [-0.25, -0.2) is 0 Å². The summed E-state index contributed by atoms with van der Waals surface area (Å²) in [6, 6.07) is -1.19. The number of piperidine rings is 1. The Kier molecular flexibility index (Phi) is 3.59. The summed E-state index contributed by atoms with van der Waals surface area (Å²) in [5.41, 5.74) is 0. The van der Waals surface area contributed by atoms with Gasteiger partial charge in [0.25, 0.3) is 0 Å². The smallest absolute Gasteiger partial charge is 0.303 e. The van der Waals surface area contributed by atoms with Crippen molar-refractivity contribution in [3.05, 3.63) is 0 Å². The molecule has 1 saturated heterocycles. The number of halogens is 3. The van der Waals surface area contributed by atoms with E-state index in [-0.39, 0.29) is 12.5 Å². The lowest BCUT2D eigenvalue weighted by Gasteiger charge is -2.32. The van der Waals surface area contributed by atoms with Crippen LogP contribution in [0.2, 0.25) is 0 Å². The highest BCUT2D eigenvalue weighted by Crippen LogP contribution is 2.28. The molecular weight excluding hydrogens is 179 g/mol. The van der Waals surface area contributed by atoms with Gasteiger partial charge in [0, 0.05) is 6.04 Å². The molecule has 1 N–H and O–H groups in total. The Morgan fingerprint density at radius 3 is 2.54 bits per heavy atom. The molecule has 2 atom stereocenters. The second-order valence-electron chi connectivity index (χ2n) is 3.68. The highest BCUT2D eigenvalue weighted by atomic mass is 19.4. The normalized spacial score (nSPS) is 30.5. The van der Waals surface area contributed by atoms with Crippen LogP contribution < -0.4 is 5.32 Å². The van der Waals surface area contributed by atoms with Gasteiger partial charge in [0.2, 0.25) is 0 Å². The number of alkyl halides is 3. The Morgan fingerprint density at radius 1 is 1.31 bits per heavy atom. The lowest BCUT2D eigenvalue weighted by atomic mass is 9.95. The van der Waals surface area contributed by atoms with Gasteiger partial charge in [-0.2, -0.15) is 13.2 Å². The summed E-state index contributed by atoms with van der Waals surface area (Å²) in [6.45, 7) is 2.00. The third-order valence-electron chi connectivity index (χ3n) is 2.51. The van der Waals surface area contributed by atoms with Gasteiger partial charge in [0.05, 0.1) is 0 Å². The predicted molar refractivity (Wildman–Crippen MR) is 45.5 cm³/mol. The van der Waals surface area contributed by atoms with E-state index in [2.05, 4.69) is 5.32 Å². The van der Waals surface area contributed by atoms with E-state index < -0.39 is 12.2 Å². The molecule has 0 aliphatic carbocycles. The number of rotatable bonds is 2. The molecule has 0 unspecified atom stereocenters. The zero-order chi connectivity index (χ0) is 9.90. The fourth-order valence-electron chi connectivity index (χ4n) is 1.85. The quantitative estimate of drug-likeness (QED) is 0.714. The van der Waals surface area contributed by atoms with Crippen molar-refractivity contribution in [3.63, 3.8) is 0 Å². The molecule has 1 aliphatic heterocycles. The lowest BCUT2D eigenvalue weighted by molar-refractivity contribution is -0.163. The summed E-state index contributed by atoms with van der Waals surface area (Å²) in [7, 11) is 0. The van der Waals surface area contributed by atoms with E-state index in [0.29, 0.717) is 6.42 Å². The largest absolute Gasteiger partial charge is 0.403 e. The average Bonchev–Trinajstić information content (AvgIpc) is 2.04. The van der Waals surface area contributed by atoms with E-state index in [9.17, 15) is 13.2 Å². The molecule has 1 fully saturated rings. The topological polar surface area (TPSA) is 12.0 Å². The monoisotopic (exact) mass is 195 g/mol. The molecule has 0 bridgehead atoms. The highest BCUT2D eigenvalue weighted by Gasteiger charge is 2.41. The maximum atomic E-state index is 12.3. The third kappa shape index (κ3) is 3.18. The van der Waals surface area contributed by atoms with Gasteiger partial charge in [0.1, 0.15) is 6.04 Å². The average molecular weight is 195 g/mol. The van der Waals surface area contributed by atoms with Gasteiger partial charge < -0.3 is 5.32 Å². The summed E-state index contributed by atoms with van der Waals surface area (Å²) in [5.74, 6) is 0. The Labute approximate surface area is 76.7 Å². The molecule has 0 aromatic carbocycles. The van der Waals surface area contributed by atoms with Gasteiger partial charge in [0.15, 0.2) is 0 Å². The molecule has 0 radical (unpaired) electrons. The minimum absolute atomic E-state index is 0.0744. The minimum atomic E-state index is -4.06. The van der Waals surface area contributed by atoms with E-state index >= 15 is 0 Å². The van der Waals surface area contributed by atoms with E-state index in [1.165, 1.54) is 0 Å². The van der Waals surface area contributed by atoms with Crippen LogP contribution in [0.1, 0.15) is 39.0 Å². The van der Waals surface area contributed by atoms with Crippen molar-refractivity contribution in [2.24, 2.45) is 0 Å². The molecule has 0 saturated carbocycles. The van der Waals surface area contributed by atoms with E-state index in [0.717, 1.165) is 19.3 Å². The first-order valence-electron chi connectivity index (χ1n) is 4.86. The number of nitrogens with one attached hydrogen (secondary N) is 1. The van der Waals surface area contributed by atoms with E-state index in [1.807, 2.05) is 6.92 Å². The molecule has 0 aromatic heterocycles. The van der Waals surface area contributed by atoms with Crippen LogP contribution in [-0.4, -0.2) is 18.3 Å². The van der Waals surface area contributed by atoms with Gasteiger partial charge in [-0.05, 0) is 19.3 Å². The van der Waals surface area contributed by atoms with Gasteiger partial charge >= 0.3 is 6.18 Å². The van der Waals surface area contributed by atoms with E-state index in [1.54, 1.807) is 0 Å². The standard InChI is InChI=1S/C9H16F3N/c1-2-4-7-5-3-6-8(13-7)9(10,11)12/h7-8,13H,2-6H2,1H3/t7-,8-/m0/s1. The first-order chi connectivity index (χ1) is 6.04. The summed E-state index contributed by atoms with van der Waals surface area (Å²) in [5, 5.41) is 2.67. The Morgan fingerprint density at radius 2 is 2.00 bits per heavy atom. The van der Waals surface area contributed by atoms with Gasteiger partial charge in [-0.15, -0.1) is 0 Å². The maximum Gasteiger partial charge on any atom is 0.403 e. The van der Waals surface area contributed by atoms with Crippen LogP contribution in [0, 0.1) is 0 Å². The van der Waals surface area contributed by atoms with E-state index in [4.69, 9.17) is 0 Å². The van der Waals surface area contributed by atoms with Crippen molar-refractivity contribution < 1.29 is 13.2 Å². The van der Waals surface area contributed by atoms with Gasteiger partial charge in [-0.3, -0.25) is 0 Å². The maximum absolute atomic E-state index is 12.3. The molecule has 13 heavy (non-hydrogen) atoms. The van der Waals surface area contributed by atoms with Crippen molar-refractivity contribution in [1.82, 2.24) is 5.32 Å². The zero-order valence-electron chi connectivity index (χ0n) is 7.82. The van der Waals surface area contributed by atoms with Crippen LogP contribution in [0.15, 0.2) is 0 Å². The Balaban J connectivity index is 2.42. The summed E-state index contributed by atoms with van der Waals surface area (Å²) >= 11 is 0. The van der Waals surface area contributed by atoms with Crippen molar-refractivity contribution in [3.8, 4) is 0 Å². The SMILES string of the molecule is CCC[C@H]1CCC[C@@H](C(F)(F)F)N1. The van der Waals surface area contributed by atoms with Crippen LogP contribution in [0.5, 0.6) is 0 Å². The number of hydrogen-bond donors (Lipinski definition) is 1. The number of hydrogen-bond acceptors (Lipinski definition) is 1. The van der Waals surface area contributed by atoms with Crippen LogP contribution >= 0.6 is 0 Å². The predicted octanol–water partition coefficient (Wildman–Crippen LogP) is 2.86. The molecular formula is C9H16F3N. The molecule has 1 nitrogen and oxygen atoms in total. The Hall–Kier alpha value is -0.250. The van der Waals surface area contributed by atoms with Crippen molar-refractivity contribution in [1.29, 1.82) is 0 Å². The minimum Gasteiger partial charge on any atom is -0.303 e. The molecule has 78 valence electrons. The third-order valence-corrected chi connectivity index (χ3v) is 2.51. The van der Waals surface area contributed by atoms with Crippen molar-refractivity contribution in [2.45, 2.75) is 57.3 Å². The van der Waals surface area contributed by atoms with Crippen LogP contribution in [0.25, 0.3) is 0 Å². The van der Waals surface area contributed by atoms with Crippen LogP contribution in [0.4, 0.5) is 13.2 Å². The summed E-state index contributed by atoms with van der Waals surface area (Å²) < 4.78 is 36.9. The first kappa shape index (κ1) is 10.8. The second-order valence-corrected chi connectivity index (χ2v) is 3.68. The fourth-order valence-corrected chi connectivity index (χ4v) is 1.85. The fraction of sp³-hybridized carbons (Fsp3) is 1.00. The first-order valence-corrected chi connectivity index (χ1v) is 4.86. The molecule has 4 heteroatoms. The summed E-state index contributed by atoms with van der Waals surface area (Å²) in [6.07, 6.45) is -0.437. The molecule has 0 aromatic rings. The van der Waals surface area contributed by atoms with Crippen molar-refractivity contribution >= 4 is 0 Å². The second kappa shape index (κ2) is 4.31. The zero-order valence-corrected chi connectivity index (χ0v) is 7.82. The van der Waals surface area contributed by atoms with Gasteiger partial charge in [-0.1, -0.05) is 19.8 Å². The lowest BCUT2D eigenvalue weighted by Crippen LogP contribution is -2.50. The Bertz CT molecular complexity index is 153. The molecule has 0 spiro atoms. The molecule has 1 rings (SSSR count). The summed E-state index contributed by atoms with van der Waals surface area (Å²) in [4.78, 5) is 0. The van der Waals surface area contributed by atoms with Crippen molar-refractivity contribution in [2.75, 3.05) is 0 Å². The van der Waals surface area contributed by atoms with Crippen LogP contribution in [0.3, 0.4) is 0 Å².